The number of anilines is 2. The van der Waals surface area contributed by atoms with Crippen LogP contribution >= 0.6 is 0 Å². The van der Waals surface area contributed by atoms with Crippen LogP contribution in [-0.2, 0) is 0 Å². The van der Waals surface area contributed by atoms with E-state index < -0.39 is 0 Å². The summed E-state index contributed by atoms with van der Waals surface area (Å²) in [5.41, 5.74) is 1.72. The third-order valence-electron chi connectivity index (χ3n) is 5.24. The molecule has 0 radical (unpaired) electrons. The van der Waals surface area contributed by atoms with Crippen molar-refractivity contribution in [2.45, 2.75) is 13.0 Å². The van der Waals surface area contributed by atoms with Gasteiger partial charge in [0.1, 0.15) is 11.6 Å². The summed E-state index contributed by atoms with van der Waals surface area (Å²) in [6.45, 7) is 5.00. The molecule has 0 spiro atoms. The summed E-state index contributed by atoms with van der Waals surface area (Å²) < 4.78 is 1.95. The van der Waals surface area contributed by atoms with Crippen LogP contribution in [0.15, 0.2) is 30.9 Å². The van der Waals surface area contributed by atoms with E-state index in [1.807, 2.05) is 30.9 Å². The van der Waals surface area contributed by atoms with Crippen LogP contribution in [0, 0.1) is 6.92 Å². The Bertz CT molecular complexity index is 1030. The number of rotatable bonds is 3. The van der Waals surface area contributed by atoms with Crippen molar-refractivity contribution >= 4 is 28.4 Å². The van der Waals surface area contributed by atoms with Gasteiger partial charge in [-0.25, -0.2) is 14.8 Å². The third kappa shape index (κ3) is 2.57. The first kappa shape index (κ1) is 16.0. The Morgan fingerprint density at radius 1 is 1.15 bits per heavy atom. The van der Waals surface area contributed by atoms with Crippen LogP contribution in [0.25, 0.3) is 10.9 Å². The SMILES string of the molecule is Cc1nc(N2CC(n3cc(N4CCN(C)C4=O)cn3)C2)c2ccncc2n1. The van der Waals surface area contributed by atoms with E-state index in [1.54, 1.807) is 28.4 Å². The molecule has 2 amide bonds. The second kappa shape index (κ2) is 5.90. The number of aromatic nitrogens is 5. The van der Waals surface area contributed by atoms with E-state index in [4.69, 9.17) is 0 Å². The molecule has 0 aliphatic carbocycles. The highest BCUT2D eigenvalue weighted by atomic mass is 16.2. The van der Waals surface area contributed by atoms with E-state index >= 15 is 0 Å². The summed E-state index contributed by atoms with van der Waals surface area (Å²) in [6.07, 6.45) is 7.28. The number of aryl methyl sites for hydroxylation is 1. The molecular weight excluding hydrogens is 344 g/mol. The van der Waals surface area contributed by atoms with Gasteiger partial charge in [0.05, 0.1) is 29.6 Å². The summed E-state index contributed by atoms with van der Waals surface area (Å²) in [4.78, 5) is 31.1. The summed E-state index contributed by atoms with van der Waals surface area (Å²) in [7, 11) is 1.82. The van der Waals surface area contributed by atoms with Gasteiger partial charge in [0.15, 0.2) is 0 Å². The number of amides is 2. The fourth-order valence-electron chi connectivity index (χ4n) is 3.67. The van der Waals surface area contributed by atoms with Gasteiger partial charge in [-0.2, -0.15) is 5.10 Å². The van der Waals surface area contributed by atoms with Crippen molar-refractivity contribution in [2.24, 2.45) is 0 Å². The number of hydrogen-bond donors (Lipinski definition) is 0. The van der Waals surface area contributed by atoms with E-state index in [9.17, 15) is 4.79 Å². The van der Waals surface area contributed by atoms with Crippen LogP contribution in [0.3, 0.4) is 0 Å². The van der Waals surface area contributed by atoms with Crippen molar-refractivity contribution < 1.29 is 4.79 Å². The van der Waals surface area contributed by atoms with Gasteiger partial charge >= 0.3 is 6.03 Å². The molecule has 2 aliphatic rings. The molecule has 2 aliphatic heterocycles. The van der Waals surface area contributed by atoms with Crippen molar-refractivity contribution in [1.82, 2.24) is 29.6 Å². The number of pyridine rings is 1. The second-order valence-corrected chi connectivity index (χ2v) is 7.08. The molecule has 5 heterocycles. The topological polar surface area (TPSA) is 83.3 Å². The van der Waals surface area contributed by atoms with E-state index in [1.165, 1.54) is 0 Å². The lowest BCUT2D eigenvalue weighted by atomic mass is 10.1. The number of urea groups is 1. The zero-order valence-electron chi connectivity index (χ0n) is 15.3. The molecule has 0 atom stereocenters. The molecule has 0 bridgehead atoms. The molecule has 2 fully saturated rings. The predicted octanol–water partition coefficient (Wildman–Crippen LogP) is 1.46. The highest BCUT2D eigenvalue weighted by molar-refractivity contribution is 5.93. The van der Waals surface area contributed by atoms with Crippen LogP contribution < -0.4 is 9.80 Å². The minimum atomic E-state index is 0.0290. The molecule has 2 saturated heterocycles. The number of fused-ring (bicyclic) bond motifs is 1. The molecule has 27 heavy (non-hydrogen) atoms. The first-order chi connectivity index (χ1) is 13.1. The number of hydrogen-bond acceptors (Lipinski definition) is 6. The minimum absolute atomic E-state index is 0.0290. The molecule has 3 aromatic heterocycles. The van der Waals surface area contributed by atoms with Crippen LogP contribution in [0.5, 0.6) is 0 Å². The summed E-state index contributed by atoms with van der Waals surface area (Å²) in [5, 5.41) is 5.50. The zero-order chi connectivity index (χ0) is 18.5. The van der Waals surface area contributed by atoms with E-state index in [0.717, 1.165) is 47.9 Å². The largest absolute Gasteiger partial charge is 0.352 e. The molecule has 0 unspecified atom stereocenters. The van der Waals surface area contributed by atoms with Crippen molar-refractivity contribution in [3.05, 3.63) is 36.7 Å². The predicted molar refractivity (Wildman–Crippen MR) is 101 cm³/mol. The molecule has 138 valence electrons. The minimum Gasteiger partial charge on any atom is -0.352 e. The van der Waals surface area contributed by atoms with E-state index in [2.05, 4.69) is 25.0 Å². The molecular formula is C18H20N8O. The molecule has 0 N–H and O–H groups in total. The quantitative estimate of drug-likeness (QED) is 0.700. The van der Waals surface area contributed by atoms with Gasteiger partial charge in [-0.3, -0.25) is 14.6 Å². The fraction of sp³-hybridized carbons (Fsp3) is 0.389. The lowest BCUT2D eigenvalue weighted by Crippen LogP contribution is -2.48. The summed E-state index contributed by atoms with van der Waals surface area (Å²) >= 11 is 0. The maximum Gasteiger partial charge on any atom is 0.324 e. The maximum absolute atomic E-state index is 12.1. The van der Waals surface area contributed by atoms with Gasteiger partial charge in [0.2, 0.25) is 0 Å². The Balaban J connectivity index is 1.34. The molecule has 3 aromatic rings. The van der Waals surface area contributed by atoms with Crippen LogP contribution in [0.4, 0.5) is 16.3 Å². The zero-order valence-corrected chi connectivity index (χ0v) is 15.3. The van der Waals surface area contributed by atoms with Crippen molar-refractivity contribution in [3.63, 3.8) is 0 Å². The highest BCUT2D eigenvalue weighted by Gasteiger charge is 2.33. The van der Waals surface area contributed by atoms with Crippen LogP contribution in [0.1, 0.15) is 11.9 Å². The van der Waals surface area contributed by atoms with E-state index in [-0.39, 0.29) is 12.1 Å². The Kier molecular flexibility index (Phi) is 3.49. The first-order valence-electron chi connectivity index (χ1n) is 9.00. The number of nitrogens with zero attached hydrogens (tertiary/aromatic N) is 8. The van der Waals surface area contributed by atoms with Gasteiger partial charge < -0.3 is 9.80 Å². The average molecular weight is 364 g/mol. The van der Waals surface area contributed by atoms with Gasteiger partial charge in [-0.05, 0) is 13.0 Å². The lowest BCUT2D eigenvalue weighted by Gasteiger charge is -2.40. The lowest BCUT2D eigenvalue weighted by molar-refractivity contribution is 0.229. The fourth-order valence-corrected chi connectivity index (χ4v) is 3.67. The van der Waals surface area contributed by atoms with Crippen molar-refractivity contribution in [2.75, 3.05) is 43.0 Å². The van der Waals surface area contributed by atoms with Crippen molar-refractivity contribution in [1.29, 1.82) is 0 Å². The van der Waals surface area contributed by atoms with E-state index in [0.29, 0.717) is 6.54 Å². The van der Waals surface area contributed by atoms with Crippen molar-refractivity contribution in [3.8, 4) is 0 Å². The normalized spacial score (nSPS) is 17.9. The number of carbonyl (C=O) groups is 1. The molecule has 9 nitrogen and oxygen atoms in total. The van der Waals surface area contributed by atoms with Gasteiger partial charge in [-0.15, -0.1) is 0 Å². The molecule has 9 heteroatoms. The number of likely N-dealkylation sites (N-methyl/N-ethyl adjacent to an activating group) is 1. The standard InChI is InChI=1S/C18H20N8O/c1-12-21-16-8-19-4-3-15(16)17(22-12)24-9-14(10-24)26-11-13(7-20-26)25-6-5-23(2)18(25)27/h3-4,7-8,11,14H,5-6,9-10H2,1-2H3. The molecule has 0 saturated carbocycles. The third-order valence-corrected chi connectivity index (χ3v) is 5.24. The Morgan fingerprint density at radius 2 is 2.00 bits per heavy atom. The maximum atomic E-state index is 12.1. The molecule has 5 rings (SSSR count). The second-order valence-electron chi connectivity index (χ2n) is 7.08. The Labute approximate surface area is 156 Å². The van der Waals surface area contributed by atoms with Crippen LogP contribution in [-0.4, -0.2) is 68.9 Å². The smallest absolute Gasteiger partial charge is 0.324 e. The average Bonchev–Trinajstić information content (AvgIpc) is 3.21. The Morgan fingerprint density at radius 3 is 2.78 bits per heavy atom. The monoisotopic (exact) mass is 364 g/mol. The van der Waals surface area contributed by atoms with Gasteiger partial charge in [0.25, 0.3) is 0 Å². The number of carbonyl (C=O) groups excluding carboxylic acids is 1. The summed E-state index contributed by atoms with van der Waals surface area (Å²) in [5.74, 6) is 1.69. The summed E-state index contributed by atoms with van der Waals surface area (Å²) in [6, 6.07) is 2.25. The Hall–Kier alpha value is -3.23. The molecule has 0 aromatic carbocycles. The highest BCUT2D eigenvalue weighted by Crippen LogP contribution is 2.32. The first-order valence-corrected chi connectivity index (χ1v) is 9.00. The van der Waals surface area contributed by atoms with Crippen LogP contribution in [0.2, 0.25) is 0 Å². The van der Waals surface area contributed by atoms with Gasteiger partial charge in [-0.1, -0.05) is 0 Å². The van der Waals surface area contributed by atoms with Gasteiger partial charge in [0, 0.05) is 51.0 Å².